The Balaban J connectivity index is 1.98. The maximum absolute atomic E-state index is 11.3. The first-order valence-electron chi connectivity index (χ1n) is 8.13. The number of ether oxygens (including phenoxy) is 1. The fourth-order valence-corrected chi connectivity index (χ4v) is 2.83. The van der Waals surface area contributed by atoms with Crippen LogP contribution >= 0.6 is 23.2 Å². The van der Waals surface area contributed by atoms with E-state index >= 15 is 0 Å². The summed E-state index contributed by atoms with van der Waals surface area (Å²) >= 11 is 12.5. The molecule has 0 radical (unpaired) electrons. The van der Waals surface area contributed by atoms with E-state index in [9.17, 15) is 4.79 Å². The Bertz CT molecular complexity index is 657. The smallest absolute Gasteiger partial charge is 0.233 e. The van der Waals surface area contributed by atoms with Crippen molar-refractivity contribution in [1.29, 1.82) is 0 Å². The van der Waals surface area contributed by atoms with Crippen LogP contribution in [0.2, 0.25) is 10.0 Å². The molecule has 2 aromatic rings. The van der Waals surface area contributed by atoms with Crippen LogP contribution in [0.3, 0.4) is 0 Å². The van der Waals surface area contributed by atoms with Gasteiger partial charge in [-0.1, -0.05) is 66.9 Å². The SMILES string of the molecule is CCCCOc1c(Cl)cc(CN(C=O)OCc2ccccc2)cc1Cl. The number of hydroxylamine groups is 2. The molecule has 4 nitrogen and oxygen atoms in total. The third-order valence-electron chi connectivity index (χ3n) is 3.50. The number of unbranched alkanes of at least 4 members (excludes halogenated alkanes) is 1. The van der Waals surface area contributed by atoms with Gasteiger partial charge >= 0.3 is 0 Å². The molecule has 0 bridgehead atoms. The van der Waals surface area contributed by atoms with Crippen LogP contribution in [0.4, 0.5) is 0 Å². The number of rotatable bonds is 10. The molecule has 25 heavy (non-hydrogen) atoms. The maximum Gasteiger partial charge on any atom is 0.233 e. The van der Waals surface area contributed by atoms with Crippen LogP contribution in [0.1, 0.15) is 30.9 Å². The average molecular weight is 382 g/mol. The van der Waals surface area contributed by atoms with Gasteiger partial charge in [0.25, 0.3) is 0 Å². The summed E-state index contributed by atoms with van der Waals surface area (Å²) in [5.74, 6) is 0.475. The molecule has 0 aliphatic carbocycles. The zero-order chi connectivity index (χ0) is 18.1. The summed E-state index contributed by atoms with van der Waals surface area (Å²) in [4.78, 5) is 16.8. The third-order valence-corrected chi connectivity index (χ3v) is 4.06. The van der Waals surface area contributed by atoms with Crippen molar-refractivity contribution < 1.29 is 14.4 Å². The molecule has 2 aromatic carbocycles. The van der Waals surface area contributed by atoms with Crippen LogP contribution < -0.4 is 4.74 Å². The molecule has 0 saturated carbocycles. The fraction of sp³-hybridized carbons (Fsp3) is 0.316. The lowest BCUT2D eigenvalue weighted by Crippen LogP contribution is -2.21. The highest BCUT2D eigenvalue weighted by atomic mass is 35.5. The Morgan fingerprint density at radius 1 is 1.08 bits per heavy atom. The number of carbonyl (C=O) groups excluding carboxylic acids is 1. The number of hydrogen-bond acceptors (Lipinski definition) is 3. The first-order chi connectivity index (χ1) is 12.1. The van der Waals surface area contributed by atoms with Gasteiger partial charge in [-0.25, -0.2) is 5.06 Å². The minimum Gasteiger partial charge on any atom is -0.490 e. The van der Waals surface area contributed by atoms with E-state index < -0.39 is 0 Å². The molecule has 134 valence electrons. The van der Waals surface area contributed by atoms with Crippen molar-refractivity contribution in [2.24, 2.45) is 0 Å². The second kappa shape index (κ2) is 10.3. The predicted molar refractivity (Wildman–Crippen MR) is 99.7 cm³/mol. The zero-order valence-electron chi connectivity index (χ0n) is 14.1. The molecule has 0 aromatic heterocycles. The topological polar surface area (TPSA) is 38.8 Å². The highest BCUT2D eigenvalue weighted by Gasteiger charge is 2.12. The van der Waals surface area contributed by atoms with Crippen molar-refractivity contribution in [2.75, 3.05) is 6.61 Å². The van der Waals surface area contributed by atoms with E-state index in [1.807, 2.05) is 30.3 Å². The zero-order valence-corrected chi connectivity index (χ0v) is 15.6. The molecule has 0 aliphatic heterocycles. The summed E-state index contributed by atoms with van der Waals surface area (Å²) in [6.45, 7) is 3.19. The number of carbonyl (C=O) groups is 1. The molecular formula is C19H21Cl2NO3. The van der Waals surface area contributed by atoms with Crippen molar-refractivity contribution in [3.05, 3.63) is 63.6 Å². The lowest BCUT2D eigenvalue weighted by molar-refractivity contribution is -0.181. The molecule has 0 atom stereocenters. The van der Waals surface area contributed by atoms with Gasteiger partial charge in [0.05, 0.1) is 23.2 Å². The van der Waals surface area contributed by atoms with Crippen molar-refractivity contribution in [3.63, 3.8) is 0 Å². The summed E-state index contributed by atoms with van der Waals surface area (Å²) in [7, 11) is 0. The van der Waals surface area contributed by atoms with Crippen LogP contribution in [-0.2, 0) is 22.8 Å². The van der Waals surface area contributed by atoms with E-state index in [1.165, 1.54) is 5.06 Å². The van der Waals surface area contributed by atoms with Gasteiger partial charge in [-0.3, -0.25) is 9.63 Å². The van der Waals surface area contributed by atoms with Crippen LogP contribution in [0.25, 0.3) is 0 Å². The first kappa shape index (κ1) is 19.6. The van der Waals surface area contributed by atoms with Crippen molar-refractivity contribution in [2.45, 2.75) is 32.9 Å². The molecule has 6 heteroatoms. The van der Waals surface area contributed by atoms with Gasteiger partial charge in [0.2, 0.25) is 6.41 Å². The molecule has 0 spiro atoms. The molecule has 1 amide bonds. The second-order valence-corrected chi connectivity index (χ2v) is 6.34. The minimum atomic E-state index is 0.241. The van der Waals surface area contributed by atoms with Crippen LogP contribution in [0.15, 0.2) is 42.5 Å². The van der Waals surface area contributed by atoms with Gasteiger partial charge in [0.1, 0.15) is 6.61 Å². The Hall–Kier alpha value is -1.75. The van der Waals surface area contributed by atoms with E-state index in [4.69, 9.17) is 32.8 Å². The normalized spacial score (nSPS) is 10.5. The van der Waals surface area contributed by atoms with Gasteiger partial charge < -0.3 is 4.74 Å². The monoisotopic (exact) mass is 381 g/mol. The van der Waals surface area contributed by atoms with Crippen LogP contribution in [0, 0.1) is 0 Å². The molecule has 0 heterocycles. The average Bonchev–Trinajstić information content (AvgIpc) is 2.62. The summed E-state index contributed by atoms with van der Waals surface area (Å²) < 4.78 is 5.62. The molecule has 0 fully saturated rings. The Morgan fingerprint density at radius 3 is 2.36 bits per heavy atom. The van der Waals surface area contributed by atoms with E-state index in [0.29, 0.717) is 35.4 Å². The Kier molecular flexibility index (Phi) is 8.06. The highest BCUT2D eigenvalue weighted by molar-refractivity contribution is 6.37. The highest BCUT2D eigenvalue weighted by Crippen LogP contribution is 2.34. The van der Waals surface area contributed by atoms with Gasteiger partial charge in [0, 0.05) is 0 Å². The van der Waals surface area contributed by atoms with E-state index in [0.717, 1.165) is 24.0 Å². The molecule has 0 unspecified atom stereocenters. The Labute approximate surface area is 158 Å². The lowest BCUT2D eigenvalue weighted by Gasteiger charge is -2.18. The Morgan fingerprint density at radius 2 is 1.76 bits per heavy atom. The third kappa shape index (κ3) is 6.24. The second-order valence-electron chi connectivity index (χ2n) is 5.53. The lowest BCUT2D eigenvalue weighted by atomic mass is 10.2. The number of benzene rings is 2. The molecule has 0 saturated heterocycles. The summed E-state index contributed by atoms with van der Waals surface area (Å²) in [5, 5.41) is 2.06. The maximum atomic E-state index is 11.3. The van der Waals surface area contributed by atoms with Gasteiger partial charge in [0.15, 0.2) is 5.75 Å². The van der Waals surface area contributed by atoms with E-state index in [1.54, 1.807) is 12.1 Å². The first-order valence-corrected chi connectivity index (χ1v) is 8.89. The fourth-order valence-electron chi connectivity index (χ4n) is 2.19. The van der Waals surface area contributed by atoms with Gasteiger partial charge in [-0.05, 0) is 29.7 Å². The summed E-state index contributed by atoms with van der Waals surface area (Å²) in [5.41, 5.74) is 1.74. The summed E-state index contributed by atoms with van der Waals surface area (Å²) in [6, 6.07) is 13.1. The van der Waals surface area contributed by atoms with Gasteiger partial charge in [-0.2, -0.15) is 0 Å². The van der Waals surface area contributed by atoms with E-state index in [-0.39, 0.29) is 6.54 Å². The standard InChI is InChI=1S/C19H21Cl2NO3/c1-2-3-9-24-19-17(20)10-16(11-18(19)21)12-22(14-23)25-13-15-7-5-4-6-8-15/h4-8,10-11,14H,2-3,9,12-13H2,1H3. The number of halogens is 2. The predicted octanol–water partition coefficient (Wildman–Crippen LogP) is 5.26. The quantitative estimate of drug-likeness (QED) is 0.320. The largest absolute Gasteiger partial charge is 0.490 e. The molecule has 2 rings (SSSR count). The minimum absolute atomic E-state index is 0.241. The van der Waals surface area contributed by atoms with Crippen LogP contribution in [-0.4, -0.2) is 18.1 Å². The van der Waals surface area contributed by atoms with Crippen molar-refractivity contribution >= 4 is 29.6 Å². The van der Waals surface area contributed by atoms with Crippen molar-refractivity contribution in [3.8, 4) is 5.75 Å². The van der Waals surface area contributed by atoms with Gasteiger partial charge in [-0.15, -0.1) is 0 Å². The summed E-state index contributed by atoms with van der Waals surface area (Å²) in [6.07, 6.45) is 2.59. The molecule has 0 N–H and O–H groups in total. The molecule has 0 aliphatic rings. The van der Waals surface area contributed by atoms with Crippen molar-refractivity contribution in [1.82, 2.24) is 5.06 Å². The molecular weight excluding hydrogens is 361 g/mol. The van der Waals surface area contributed by atoms with Crippen LogP contribution in [0.5, 0.6) is 5.75 Å². The van der Waals surface area contributed by atoms with E-state index in [2.05, 4.69) is 6.92 Å². The number of nitrogens with zero attached hydrogens (tertiary/aromatic N) is 1. The number of hydrogen-bond donors (Lipinski definition) is 0. The number of amides is 1.